The van der Waals surface area contributed by atoms with Gasteiger partial charge in [0.05, 0.1) is 11.6 Å². The second-order valence-electron chi connectivity index (χ2n) is 4.00. The van der Waals surface area contributed by atoms with Crippen LogP contribution < -0.4 is 11.3 Å². The third-order valence-electron chi connectivity index (χ3n) is 3.27. The first-order valence-electron chi connectivity index (χ1n) is 5.45. The molecule has 0 amide bonds. The second kappa shape index (κ2) is 5.25. The first-order valence-corrected chi connectivity index (χ1v) is 6.33. The lowest BCUT2D eigenvalue weighted by molar-refractivity contribution is -0.111. The fourth-order valence-corrected chi connectivity index (χ4v) is 3.17. The Balaban J connectivity index is 2.23. The molecule has 1 fully saturated rings. The number of ether oxygens (including phenoxy) is 2. The summed E-state index contributed by atoms with van der Waals surface area (Å²) in [4.78, 5) is 1.21. The number of hydrogen-bond donors (Lipinski definition) is 2. The number of nitrogens with one attached hydrogen (secondary N) is 1. The van der Waals surface area contributed by atoms with Gasteiger partial charge < -0.3 is 9.47 Å². The van der Waals surface area contributed by atoms with Crippen molar-refractivity contribution in [3.8, 4) is 0 Å². The molecule has 1 aromatic heterocycles. The first-order chi connectivity index (χ1) is 7.82. The van der Waals surface area contributed by atoms with Gasteiger partial charge in [0, 0.05) is 38.0 Å². The van der Waals surface area contributed by atoms with Crippen molar-refractivity contribution in [1.29, 1.82) is 0 Å². The molecule has 0 aromatic carbocycles. The van der Waals surface area contributed by atoms with Gasteiger partial charge >= 0.3 is 0 Å². The van der Waals surface area contributed by atoms with Crippen LogP contribution >= 0.6 is 11.3 Å². The lowest BCUT2D eigenvalue weighted by Crippen LogP contribution is -2.50. The van der Waals surface area contributed by atoms with Crippen molar-refractivity contribution in [2.75, 3.05) is 20.3 Å². The lowest BCUT2D eigenvalue weighted by atomic mass is 9.85. The predicted octanol–water partition coefficient (Wildman–Crippen LogP) is 1.45. The molecule has 90 valence electrons. The van der Waals surface area contributed by atoms with E-state index >= 15 is 0 Å². The summed E-state index contributed by atoms with van der Waals surface area (Å²) in [6, 6.07) is 4.17. The second-order valence-corrected chi connectivity index (χ2v) is 4.98. The van der Waals surface area contributed by atoms with E-state index in [-0.39, 0.29) is 11.6 Å². The Morgan fingerprint density at radius 3 is 2.81 bits per heavy atom. The molecular weight excluding hydrogens is 224 g/mol. The molecule has 0 bridgehead atoms. The Labute approximate surface area is 99.7 Å². The number of nitrogens with two attached hydrogens (primary N) is 1. The zero-order valence-corrected chi connectivity index (χ0v) is 10.3. The average Bonchev–Trinajstić information content (AvgIpc) is 2.85. The highest BCUT2D eigenvalue weighted by Crippen LogP contribution is 2.38. The molecule has 5 heteroatoms. The molecule has 1 aliphatic rings. The average molecular weight is 242 g/mol. The van der Waals surface area contributed by atoms with E-state index in [1.54, 1.807) is 18.4 Å². The van der Waals surface area contributed by atoms with Gasteiger partial charge in [0.1, 0.15) is 0 Å². The van der Waals surface area contributed by atoms with Gasteiger partial charge in [-0.05, 0) is 11.4 Å². The molecular formula is C11H18N2O2S. The minimum absolute atomic E-state index is 0.0430. The standard InChI is InChI=1S/C11H18N2O2S/c1-14-11(4-6-15-7-5-11)10(13-12)9-3-2-8-16-9/h2-3,8,10,13H,4-7,12H2,1H3. The summed E-state index contributed by atoms with van der Waals surface area (Å²) < 4.78 is 11.1. The van der Waals surface area contributed by atoms with Crippen LogP contribution in [0.1, 0.15) is 23.8 Å². The first kappa shape index (κ1) is 12.0. The Bertz CT molecular complexity index is 310. The molecule has 0 saturated carbocycles. The number of methoxy groups -OCH3 is 1. The maximum atomic E-state index is 5.74. The molecule has 2 rings (SSSR count). The molecule has 2 heterocycles. The van der Waals surface area contributed by atoms with Gasteiger partial charge in [0.25, 0.3) is 0 Å². The van der Waals surface area contributed by atoms with Gasteiger partial charge in [-0.25, -0.2) is 5.43 Å². The molecule has 1 atom stereocenters. The summed E-state index contributed by atoms with van der Waals surface area (Å²) in [7, 11) is 1.75. The van der Waals surface area contributed by atoms with E-state index < -0.39 is 0 Å². The monoisotopic (exact) mass is 242 g/mol. The van der Waals surface area contributed by atoms with Crippen molar-refractivity contribution in [3.05, 3.63) is 22.4 Å². The maximum Gasteiger partial charge on any atom is 0.0937 e. The fraction of sp³-hybridized carbons (Fsp3) is 0.636. The third kappa shape index (κ3) is 2.14. The van der Waals surface area contributed by atoms with Crippen LogP contribution in [0.2, 0.25) is 0 Å². The van der Waals surface area contributed by atoms with E-state index in [1.807, 2.05) is 6.07 Å². The molecule has 1 aliphatic heterocycles. The summed E-state index contributed by atoms with van der Waals surface area (Å²) in [5.74, 6) is 5.69. The van der Waals surface area contributed by atoms with Crippen LogP contribution in [-0.2, 0) is 9.47 Å². The van der Waals surface area contributed by atoms with Gasteiger partial charge in [0.2, 0.25) is 0 Å². The van der Waals surface area contributed by atoms with Crippen LogP contribution in [0.4, 0.5) is 0 Å². The van der Waals surface area contributed by atoms with E-state index in [0.29, 0.717) is 0 Å². The molecule has 0 radical (unpaired) electrons. The molecule has 0 aliphatic carbocycles. The molecule has 0 spiro atoms. The highest BCUT2D eigenvalue weighted by Gasteiger charge is 2.41. The van der Waals surface area contributed by atoms with Crippen molar-refractivity contribution >= 4 is 11.3 Å². The van der Waals surface area contributed by atoms with Gasteiger partial charge in [-0.15, -0.1) is 11.3 Å². The van der Waals surface area contributed by atoms with E-state index in [9.17, 15) is 0 Å². The van der Waals surface area contributed by atoms with E-state index in [0.717, 1.165) is 26.1 Å². The van der Waals surface area contributed by atoms with Crippen molar-refractivity contribution in [2.24, 2.45) is 5.84 Å². The third-order valence-corrected chi connectivity index (χ3v) is 4.20. The normalized spacial score (nSPS) is 21.9. The Morgan fingerprint density at radius 1 is 1.56 bits per heavy atom. The molecule has 1 saturated heterocycles. The van der Waals surface area contributed by atoms with Gasteiger partial charge in [-0.2, -0.15) is 0 Å². The predicted molar refractivity (Wildman–Crippen MR) is 64.2 cm³/mol. The van der Waals surface area contributed by atoms with E-state index in [2.05, 4.69) is 16.9 Å². The van der Waals surface area contributed by atoms with Gasteiger partial charge in [-0.1, -0.05) is 6.07 Å². The Kier molecular flexibility index (Phi) is 3.94. The van der Waals surface area contributed by atoms with E-state index in [4.69, 9.17) is 15.3 Å². The van der Waals surface area contributed by atoms with Crippen LogP contribution in [0.15, 0.2) is 17.5 Å². The van der Waals surface area contributed by atoms with E-state index in [1.165, 1.54) is 4.88 Å². The largest absolute Gasteiger partial charge is 0.381 e. The molecule has 1 aromatic rings. The van der Waals surface area contributed by atoms with Crippen LogP contribution in [0, 0.1) is 0 Å². The quantitative estimate of drug-likeness (QED) is 0.620. The number of hydrogen-bond acceptors (Lipinski definition) is 5. The SMILES string of the molecule is COC1(C(NN)c2cccs2)CCOCC1. The molecule has 1 unspecified atom stereocenters. The smallest absolute Gasteiger partial charge is 0.0937 e. The fourth-order valence-electron chi connectivity index (χ4n) is 2.28. The molecule has 3 N–H and O–H groups in total. The summed E-state index contributed by atoms with van der Waals surface area (Å²) in [6.45, 7) is 1.47. The van der Waals surface area contributed by atoms with Crippen LogP contribution in [0.5, 0.6) is 0 Å². The minimum Gasteiger partial charge on any atom is -0.381 e. The van der Waals surface area contributed by atoms with Crippen LogP contribution in [0.3, 0.4) is 0 Å². The zero-order chi connectivity index (χ0) is 11.4. The topological polar surface area (TPSA) is 56.5 Å². The number of hydrazine groups is 1. The minimum atomic E-state index is -0.238. The summed E-state index contributed by atoms with van der Waals surface area (Å²) in [5, 5.41) is 2.06. The van der Waals surface area contributed by atoms with Gasteiger partial charge in [-0.3, -0.25) is 5.84 Å². The molecule has 4 nitrogen and oxygen atoms in total. The number of thiophene rings is 1. The Hall–Kier alpha value is -0.460. The van der Waals surface area contributed by atoms with Crippen molar-refractivity contribution in [2.45, 2.75) is 24.5 Å². The van der Waals surface area contributed by atoms with Crippen LogP contribution in [-0.4, -0.2) is 25.9 Å². The summed E-state index contributed by atoms with van der Waals surface area (Å²) in [6.07, 6.45) is 1.74. The van der Waals surface area contributed by atoms with Crippen molar-refractivity contribution in [3.63, 3.8) is 0 Å². The summed E-state index contributed by atoms with van der Waals surface area (Å²) >= 11 is 1.70. The van der Waals surface area contributed by atoms with Gasteiger partial charge in [0.15, 0.2) is 0 Å². The Morgan fingerprint density at radius 2 is 2.31 bits per heavy atom. The van der Waals surface area contributed by atoms with Crippen molar-refractivity contribution < 1.29 is 9.47 Å². The highest BCUT2D eigenvalue weighted by molar-refractivity contribution is 7.10. The van der Waals surface area contributed by atoms with Crippen molar-refractivity contribution in [1.82, 2.24) is 5.43 Å². The zero-order valence-electron chi connectivity index (χ0n) is 9.44. The highest BCUT2D eigenvalue weighted by atomic mass is 32.1. The van der Waals surface area contributed by atoms with Crippen LogP contribution in [0.25, 0.3) is 0 Å². The summed E-state index contributed by atoms with van der Waals surface area (Å²) in [5.41, 5.74) is 2.66. The molecule has 16 heavy (non-hydrogen) atoms. The lowest BCUT2D eigenvalue weighted by Gasteiger charge is -2.41. The number of rotatable bonds is 4. The maximum absolute atomic E-state index is 5.74.